The van der Waals surface area contributed by atoms with E-state index in [1.54, 1.807) is 24.3 Å². The monoisotopic (exact) mass is 417 g/mol. The van der Waals surface area contributed by atoms with Crippen LogP contribution in [0.5, 0.6) is 5.75 Å². The van der Waals surface area contributed by atoms with Gasteiger partial charge in [-0.15, -0.1) is 0 Å². The van der Waals surface area contributed by atoms with E-state index in [1.807, 2.05) is 13.0 Å². The molecule has 0 bridgehead atoms. The molecule has 0 fully saturated rings. The van der Waals surface area contributed by atoms with Gasteiger partial charge in [0.1, 0.15) is 11.3 Å². The zero-order chi connectivity index (χ0) is 19.8. The van der Waals surface area contributed by atoms with E-state index >= 15 is 0 Å². The fraction of sp³-hybridized carbons (Fsp3) is 0.238. The summed E-state index contributed by atoms with van der Waals surface area (Å²) >= 11 is 12.4. The lowest BCUT2D eigenvalue weighted by atomic mass is 10.1. The average molecular weight is 418 g/mol. The van der Waals surface area contributed by atoms with Crippen LogP contribution in [0.3, 0.4) is 0 Å². The van der Waals surface area contributed by atoms with Crippen molar-refractivity contribution in [1.82, 2.24) is 0 Å². The van der Waals surface area contributed by atoms with E-state index in [0.717, 1.165) is 41.3 Å². The molecule has 0 spiro atoms. The number of hydrogen-bond donors (Lipinski definition) is 1. The third-order valence-corrected chi connectivity index (χ3v) is 5.54. The Kier molecular flexibility index (Phi) is 5.04. The molecule has 5 nitrogen and oxygen atoms in total. The minimum Gasteiger partial charge on any atom is -0.482 e. The SMILES string of the molecule is Cc1ccc(NC(=O)COc2cc3oc(=O)c4c(c3cc2Cl)CCC4)cc1Cl. The molecule has 2 aromatic carbocycles. The van der Waals surface area contributed by atoms with Gasteiger partial charge in [-0.3, -0.25) is 4.79 Å². The third-order valence-electron chi connectivity index (χ3n) is 4.84. The molecule has 7 heteroatoms. The Bertz CT molecular complexity index is 1150. The first-order chi connectivity index (χ1) is 13.4. The molecule has 0 unspecified atom stereocenters. The van der Waals surface area contributed by atoms with Crippen LogP contribution in [-0.2, 0) is 17.6 Å². The molecule has 144 valence electrons. The van der Waals surface area contributed by atoms with Crippen molar-refractivity contribution in [2.24, 2.45) is 0 Å². The average Bonchev–Trinajstić information content (AvgIpc) is 3.15. The van der Waals surface area contributed by atoms with Gasteiger partial charge in [0.15, 0.2) is 6.61 Å². The normalized spacial score (nSPS) is 12.8. The number of ether oxygens (including phenoxy) is 1. The third kappa shape index (κ3) is 3.60. The number of benzene rings is 2. The van der Waals surface area contributed by atoms with Crippen molar-refractivity contribution in [3.8, 4) is 5.75 Å². The van der Waals surface area contributed by atoms with Crippen LogP contribution in [0.15, 0.2) is 39.5 Å². The van der Waals surface area contributed by atoms with Gasteiger partial charge in [0.2, 0.25) is 0 Å². The van der Waals surface area contributed by atoms with Gasteiger partial charge >= 0.3 is 5.63 Å². The Balaban J connectivity index is 1.52. The Labute approximate surface area is 171 Å². The van der Waals surface area contributed by atoms with E-state index in [4.69, 9.17) is 32.4 Å². The summed E-state index contributed by atoms with van der Waals surface area (Å²) < 4.78 is 11.0. The molecule has 1 aliphatic carbocycles. The number of carbonyl (C=O) groups is 1. The summed E-state index contributed by atoms with van der Waals surface area (Å²) in [7, 11) is 0. The molecular weight excluding hydrogens is 401 g/mol. The maximum atomic E-state index is 12.2. The predicted molar refractivity (Wildman–Crippen MR) is 110 cm³/mol. The first-order valence-corrected chi connectivity index (χ1v) is 9.65. The fourth-order valence-electron chi connectivity index (χ4n) is 3.40. The number of aryl methyl sites for hydroxylation is 2. The van der Waals surface area contributed by atoms with Crippen molar-refractivity contribution in [3.63, 3.8) is 0 Å². The minimum atomic E-state index is -0.355. The van der Waals surface area contributed by atoms with Gasteiger partial charge in [-0.05, 0) is 55.5 Å². The Morgan fingerprint density at radius 2 is 1.93 bits per heavy atom. The topological polar surface area (TPSA) is 68.5 Å². The smallest absolute Gasteiger partial charge is 0.339 e. The molecule has 1 N–H and O–H groups in total. The molecule has 0 aliphatic heterocycles. The van der Waals surface area contributed by atoms with Crippen LogP contribution in [0, 0.1) is 6.92 Å². The van der Waals surface area contributed by atoms with E-state index in [0.29, 0.717) is 21.3 Å². The Morgan fingerprint density at radius 3 is 2.71 bits per heavy atom. The number of hydrogen-bond acceptors (Lipinski definition) is 4. The van der Waals surface area contributed by atoms with Crippen LogP contribution in [-0.4, -0.2) is 12.5 Å². The molecule has 1 aromatic heterocycles. The van der Waals surface area contributed by atoms with E-state index < -0.39 is 0 Å². The van der Waals surface area contributed by atoms with Gasteiger partial charge in [-0.1, -0.05) is 29.3 Å². The van der Waals surface area contributed by atoms with Crippen molar-refractivity contribution in [1.29, 1.82) is 0 Å². The van der Waals surface area contributed by atoms with Crippen LogP contribution in [0.25, 0.3) is 11.0 Å². The zero-order valence-electron chi connectivity index (χ0n) is 15.1. The lowest BCUT2D eigenvalue weighted by molar-refractivity contribution is -0.118. The summed E-state index contributed by atoms with van der Waals surface area (Å²) in [5, 5.41) is 4.47. The summed E-state index contributed by atoms with van der Waals surface area (Å²) in [5.74, 6) is -0.0705. The quantitative estimate of drug-likeness (QED) is 0.611. The van der Waals surface area contributed by atoms with Crippen molar-refractivity contribution >= 4 is 45.8 Å². The highest BCUT2D eigenvalue weighted by Gasteiger charge is 2.21. The zero-order valence-corrected chi connectivity index (χ0v) is 16.6. The molecule has 28 heavy (non-hydrogen) atoms. The molecule has 4 rings (SSSR count). The molecular formula is C21H17Cl2NO4. The number of anilines is 1. The molecule has 1 heterocycles. The highest BCUT2D eigenvalue weighted by molar-refractivity contribution is 6.33. The number of amides is 1. The molecule has 0 atom stereocenters. The van der Waals surface area contributed by atoms with E-state index in [1.165, 1.54) is 0 Å². The van der Waals surface area contributed by atoms with Gasteiger partial charge in [0, 0.05) is 27.7 Å². The summed E-state index contributed by atoms with van der Waals surface area (Å²) in [6.45, 7) is 1.64. The van der Waals surface area contributed by atoms with Gasteiger partial charge in [-0.2, -0.15) is 0 Å². The second kappa shape index (κ2) is 7.49. The fourth-order valence-corrected chi connectivity index (χ4v) is 3.80. The Hall–Kier alpha value is -2.50. The molecule has 0 saturated heterocycles. The maximum absolute atomic E-state index is 12.2. The number of fused-ring (bicyclic) bond motifs is 3. The molecule has 3 aromatic rings. The second-order valence-electron chi connectivity index (χ2n) is 6.78. The number of rotatable bonds is 4. The summed E-state index contributed by atoms with van der Waals surface area (Å²) in [5.41, 5.74) is 3.32. The lowest BCUT2D eigenvalue weighted by Crippen LogP contribution is -2.20. The summed E-state index contributed by atoms with van der Waals surface area (Å²) in [6.07, 6.45) is 2.49. The van der Waals surface area contributed by atoms with Crippen molar-refractivity contribution in [3.05, 3.63) is 67.5 Å². The number of halogens is 2. The molecule has 0 saturated carbocycles. The summed E-state index contributed by atoms with van der Waals surface area (Å²) in [6, 6.07) is 8.55. The first kappa shape index (κ1) is 18.8. The number of nitrogens with one attached hydrogen (secondary N) is 1. The highest BCUT2D eigenvalue weighted by atomic mass is 35.5. The van der Waals surface area contributed by atoms with Gasteiger partial charge in [0.05, 0.1) is 5.02 Å². The van der Waals surface area contributed by atoms with Crippen molar-refractivity contribution < 1.29 is 13.9 Å². The van der Waals surface area contributed by atoms with Crippen LogP contribution in [0.2, 0.25) is 10.0 Å². The van der Waals surface area contributed by atoms with Crippen molar-refractivity contribution in [2.45, 2.75) is 26.2 Å². The standard InChI is InChI=1S/C21H17Cl2NO4/c1-11-5-6-12(7-16(11)22)24-20(25)10-27-19-9-18-15(8-17(19)23)13-3-2-4-14(13)21(26)28-18/h5-9H,2-4,10H2,1H3,(H,24,25). The van der Waals surface area contributed by atoms with Gasteiger partial charge in [-0.25, -0.2) is 4.79 Å². The highest BCUT2D eigenvalue weighted by Crippen LogP contribution is 2.34. The summed E-state index contributed by atoms with van der Waals surface area (Å²) in [4.78, 5) is 24.3. The lowest BCUT2D eigenvalue weighted by Gasteiger charge is -2.11. The van der Waals surface area contributed by atoms with Crippen LogP contribution in [0.4, 0.5) is 5.69 Å². The predicted octanol–water partition coefficient (Wildman–Crippen LogP) is 4.91. The van der Waals surface area contributed by atoms with E-state index in [9.17, 15) is 9.59 Å². The largest absolute Gasteiger partial charge is 0.482 e. The van der Waals surface area contributed by atoms with Gasteiger partial charge in [0.25, 0.3) is 5.91 Å². The second-order valence-corrected chi connectivity index (χ2v) is 7.59. The minimum absolute atomic E-state index is 0.244. The van der Waals surface area contributed by atoms with E-state index in [-0.39, 0.29) is 23.9 Å². The maximum Gasteiger partial charge on any atom is 0.339 e. The van der Waals surface area contributed by atoms with Gasteiger partial charge < -0.3 is 14.5 Å². The molecule has 0 radical (unpaired) electrons. The molecule has 1 amide bonds. The molecule has 1 aliphatic rings. The first-order valence-electron chi connectivity index (χ1n) is 8.89. The Morgan fingerprint density at radius 1 is 1.14 bits per heavy atom. The van der Waals surface area contributed by atoms with Crippen LogP contribution >= 0.6 is 23.2 Å². The van der Waals surface area contributed by atoms with Crippen LogP contribution < -0.4 is 15.7 Å². The van der Waals surface area contributed by atoms with Crippen molar-refractivity contribution in [2.75, 3.05) is 11.9 Å². The number of carbonyl (C=O) groups excluding carboxylic acids is 1. The van der Waals surface area contributed by atoms with Crippen LogP contribution in [0.1, 0.15) is 23.1 Å². The van der Waals surface area contributed by atoms with E-state index in [2.05, 4.69) is 5.32 Å².